The summed E-state index contributed by atoms with van der Waals surface area (Å²) >= 11 is 6.11. The van der Waals surface area contributed by atoms with Crippen molar-refractivity contribution in [1.29, 1.82) is 0 Å². The summed E-state index contributed by atoms with van der Waals surface area (Å²) in [5, 5.41) is 0.563. The number of piperazine rings is 1. The summed E-state index contributed by atoms with van der Waals surface area (Å²) in [6.07, 6.45) is 0.318. The van der Waals surface area contributed by atoms with Crippen LogP contribution in [-0.2, 0) is 22.4 Å². The molecule has 1 saturated heterocycles. The Balaban J connectivity index is 1.50. The maximum Gasteiger partial charge on any atom is 0.387 e. The Morgan fingerprint density at radius 1 is 0.931 bits per heavy atom. The van der Waals surface area contributed by atoms with Crippen LogP contribution in [0, 0.1) is 0 Å². The molecule has 1 fully saturated rings. The summed E-state index contributed by atoms with van der Waals surface area (Å²) in [6, 6.07) is 13.4. The Labute approximate surface area is 172 Å². The lowest BCUT2D eigenvalue weighted by Gasteiger charge is -2.35. The first-order valence-electron chi connectivity index (χ1n) is 9.25. The summed E-state index contributed by atoms with van der Waals surface area (Å²) in [7, 11) is 0. The minimum absolute atomic E-state index is 0.0259. The van der Waals surface area contributed by atoms with Crippen molar-refractivity contribution in [3.63, 3.8) is 0 Å². The van der Waals surface area contributed by atoms with Crippen LogP contribution in [0.1, 0.15) is 11.1 Å². The van der Waals surface area contributed by atoms with E-state index in [9.17, 15) is 18.4 Å². The number of alkyl halides is 2. The molecule has 8 heteroatoms. The van der Waals surface area contributed by atoms with Crippen molar-refractivity contribution in [2.45, 2.75) is 19.5 Å². The third kappa shape index (κ3) is 5.90. The molecule has 0 saturated carbocycles. The van der Waals surface area contributed by atoms with Gasteiger partial charge in [-0.2, -0.15) is 8.78 Å². The minimum atomic E-state index is -2.91. The zero-order chi connectivity index (χ0) is 20.8. The number of rotatable bonds is 6. The standard InChI is InChI=1S/C21H21ClF2N2O3/c22-18-7-2-1-5-16(18)14-20(28)26-10-8-25(9-11-26)19(27)13-15-4-3-6-17(12-15)29-21(23)24/h1-7,12,21H,8-11,13-14H2. The fourth-order valence-electron chi connectivity index (χ4n) is 3.24. The van der Waals surface area contributed by atoms with Crippen molar-refractivity contribution in [2.24, 2.45) is 0 Å². The Hall–Kier alpha value is -2.67. The van der Waals surface area contributed by atoms with Gasteiger partial charge in [-0.25, -0.2) is 0 Å². The molecule has 0 aliphatic carbocycles. The molecule has 2 aromatic carbocycles. The summed E-state index contributed by atoms with van der Waals surface area (Å²) in [4.78, 5) is 28.4. The highest BCUT2D eigenvalue weighted by Crippen LogP contribution is 2.18. The van der Waals surface area contributed by atoms with E-state index >= 15 is 0 Å². The highest BCUT2D eigenvalue weighted by molar-refractivity contribution is 6.31. The van der Waals surface area contributed by atoms with E-state index in [4.69, 9.17) is 11.6 Å². The normalized spacial score (nSPS) is 14.2. The molecule has 2 amide bonds. The number of carbonyl (C=O) groups excluding carboxylic acids is 2. The van der Waals surface area contributed by atoms with Gasteiger partial charge >= 0.3 is 6.61 Å². The average molecular weight is 423 g/mol. The van der Waals surface area contributed by atoms with Gasteiger partial charge in [-0.1, -0.05) is 41.9 Å². The first-order chi connectivity index (χ1) is 13.9. The molecule has 1 aliphatic heterocycles. The van der Waals surface area contributed by atoms with Gasteiger partial charge in [0.1, 0.15) is 5.75 Å². The lowest BCUT2D eigenvalue weighted by atomic mass is 10.1. The minimum Gasteiger partial charge on any atom is -0.435 e. The van der Waals surface area contributed by atoms with Crippen molar-refractivity contribution < 1.29 is 23.1 Å². The molecule has 0 spiro atoms. The lowest BCUT2D eigenvalue weighted by molar-refractivity contribution is -0.138. The van der Waals surface area contributed by atoms with Crippen LogP contribution in [0.5, 0.6) is 5.75 Å². The number of benzene rings is 2. The van der Waals surface area contributed by atoms with Crippen LogP contribution < -0.4 is 4.74 Å². The maximum atomic E-state index is 12.5. The number of hydrogen-bond donors (Lipinski definition) is 0. The highest BCUT2D eigenvalue weighted by Gasteiger charge is 2.24. The molecule has 0 aromatic heterocycles. The lowest BCUT2D eigenvalue weighted by Crippen LogP contribution is -2.51. The fraction of sp³-hybridized carbons (Fsp3) is 0.333. The third-order valence-corrected chi connectivity index (χ3v) is 5.13. The number of nitrogens with zero attached hydrogens (tertiary/aromatic N) is 2. The van der Waals surface area contributed by atoms with E-state index in [0.29, 0.717) is 36.8 Å². The van der Waals surface area contributed by atoms with Crippen molar-refractivity contribution in [3.8, 4) is 5.75 Å². The molecule has 2 aromatic rings. The monoisotopic (exact) mass is 422 g/mol. The summed E-state index contributed by atoms with van der Waals surface area (Å²) in [6.45, 7) is -1.15. The number of carbonyl (C=O) groups is 2. The number of hydrogen-bond acceptors (Lipinski definition) is 3. The zero-order valence-corrected chi connectivity index (χ0v) is 16.4. The average Bonchev–Trinajstić information content (AvgIpc) is 2.69. The summed E-state index contributed by atoms with van der Waals surface area (Å²) < 4.78 is 29.0. The van der Waals surface area contributed by atoms with Gasteiger partial charge in [-0.05, 0) is 29.3 Å². The van der Waals surface area contributed by atoms with E-state index in [1.54, 1.807) is 28.0 Å². The first-order valence-corrected chi connectivity index (χ1v) is 9.63. The largest absolute Gasteiger partial charge is 0.435 e. The van der Waals surface area contributed by atoms with Gasteiger partial charge in [0.05, 0.1) is 12.8 Å². The number of amides is 2. The van der Waals surface area contributed by atoms with Crippen molar-refractivity contribution in [3.05, 3.63) is 64.7 Å². The Kier molecular flexibility index (Phi) is 7.04. The Morgan fingerprint density at radius 3 is 2.17 bits per heavy atom. The van der Waals surface area contributed by atoms with E-state index in [1.165, 1.54) is 12.1 Å². The van der Waals surface area contributed by atoms with E-state index in [0.717, 1.165) is 5.56 Å². The van der Waals surface area contributed by atoms with Crippen molar-refractivity contribution in [2.75, 3.05) is 26.2 Å². The molecule has 0 bridgehead atoms. The molecule has 29 heavy (non-hydrogen) atoms. The second-order valence-corrected chi connectivity index (χ2v) is 7.14. The van der Waals surface area contributed by atoms with Crippen LogP contribution >= 0.6 is 11.6 Å². The Bertz CT molecular complexity index is 871. The van der Waals surface area contributed by atoms with Gasteiger partial charge < -0.3 is 14.5 Å². The highest BCUT2D eigenvalue weighted by atomic mass is 35.5. The van der Waals surface area contributed by atoms with Crippen LogP contribution in [0.2, 0.25) is 5.02 Å². The first kappa shape index (κ1) is 21.0. The molecular formula is C21H21ClF2N2O3. The topological polar surface area (TPSA) is 49.9 Å². The van der Waals surface area contributed by atoms with Crippen molar-refractivity contribution in [1.82, 2.24) is 9.80 Å². The molecule has 0 N–H and O–H groups in total. The SMILES string of the molecule is O=C(Cc1cccc(OC(F)F)c1)N1CCN(C(=O)Cc2ccccc2Cl)CC1. The molecule has 3 rings (SSSR count). The molecule has 154 valence electrons. The number of halogens is 3. The molecule has 0 unspecified atom stereocenters. The zero-order valence-electron chi connectivity index (χ0n) is 15.7. The second-order valence-electron chi connectivity index (χ2n) is 6.73. The van der Waals surface area contributed by atoms with E-state index < -0.39 is 6.61 Å². The molecule has 0 atom stereocenters. The summed E-state index contributed by atoms with van der Waals surface area (Å²) in [5.74, 6) is -0.111. The van der Waals surface area contributed by atoms with E-state index in [2.05, 4.69) is 4.74 Å². The number of ether oxygens (including phenoxy) is 1. The summed E-state index contributed by atoms with van der Waals surface area (Å²) in [5.41, 5.74) is 1.38. The van der Waals surface area contributed by atoms with Gasteiger partial charge in [-0.15, -0.1) is 0 Å². The third-order valence-electron chi connectivity index (χ3n) is 4.76. The second kappa shape index (κ2) is 9.69. The van der Waals surface area contributed by atoms with Gasteiger partial charge in [0.15, 0.2) is 0 Å². The molecule has 5 nitrogen and oxygen atoms in total. The van der Waals surface area contributed by atoms with Crippen molar-refractivity contribution >= 4 is 23.4 Å². The predicted octanol–water partition coefficient (Wildman–Crippen LogP) is 3.40. The molecule has 1 aliphatic rings. The van der Waals surface area contributed by atoms with Crippen LogP contribution in [0.3, 0.4) is 0 Å². The van der Waals surface area contributed by atoms with E-state index in [1.807, 2.05) is 18.2 Å². The smallest absolute Gasteiger partial charge is 0.387 e. The van der Waals surface area contributed by atoms with Crippen LogP contribution in [0.15, 0.2) is 48.5 Å². The van der Waals surface area contributed by atoms with Gasteiger partial charge in [-0.3, -0.25) is 9.59 Å². The molecule has 1 heterocycles. The van der Waals surface area contributed by atoms with Gasteiger partial charge in [0.2, 0.25) is 11.8 Å². The fourth-order valence-corrected chi connectivity index (χ4v) is 3.44. The Morgan fingerprint density at radius 2 is 1.55 bits per heavy atom. The quantitative estimate of drug-likeness (QED) is 0.717. The van der Waals surface area contributed by atoms with Crippen LogP contribution in [0.25, 0.3) is 0 Å². The van der Waals surface area contributed by atoms with E-state index in [-0.39, 0.29) is 30.4 Å². The van der Waals surface area contributed by atoms with Gasteiger partial charge in [0, 0.05) is 31.2 Å². The van der Waals surface area contributed by atoms with Gasteiger partial charge in [0.25, 0.3) is 0 Å². The molecule has 0 radical (unpaired) electrons. The predicted molar refractivity (Wildman–Crippen MR) is 105 cm³/mol. The molecular weight excluding hydrogens is 402 g/mol. The van der Waals surface area contributed by atoms with Crippen LogP contribution in [-0.4, -0.2) is 54.4 Å². The van der Waals surface area contributed by atoms with Crippen LogP contribution in [0.4, 0.5) is 8.78 Å². The maximum absolute atomic E-state index is 12.5.